The Morgan fingerprint density at radius 3 is 2.43 bits per heavy atom. The molecule has 1 rings (SSSR count). The molecule has 0 aromatic heterocycles. The number of benzene rings is 1. The van der Waals surface area contributed by atoms with E-state index >= 15 is 0 Å². The zero-order chi connectivity index (χ0) is 10.6. The molecular weight excluding hydrogens is 210 g/mol. The first-order valence-electron chi connectivity index (χ1n) is 3.66. The molecule has 14 heavy (non-hydrogen) atoms. The fraction of sp³-hybridized carbons (Fsp3) is 0.125. The lowest BCUT2D eigenvalue weighted by molar-refractivity contribution is -0.544. The topological polar surface area (TPSA) is 69.4 Å². The molecule has 0 aliphatic heterocycles. The summed E-state index contributed by atoms with van der Waals surface area (Å²) in [5.74, 6) is 0.225. The van der Waals surface area contributed by atoms with Gasteiger partial charge in [-0.25, -0.2) is 0 Å². The third-order valence-corrected chi connectivity index (χ3v) is 1.56. The molecule has 0 bridgehead atoms. The molecule has 0 fully saturated rings. The second-order valence-electron chi connectivity index (χ2n) is 2.37. The van der Waals surface area contributed by atoms with E-state index in [1.54, 1.807) is 18.2 Å². The van der Waals surface area contributed by atoms with Crippen molar-refractivity contribution in [2.45, 2.75) is 6.23 Å². The summed E-state index contributed by atoms with van der Waals surface area (Å²) in [5, 5.41) is 9.17. The predicted octanol–water partition coefficient (Wildman–Crippen LogP) is 1.43. The average molecular weight is 216 g/mol. The highest BCUT2D eigenvalue weighted by molar-refractivity contribution is 6.64. The first kappa shape index (κ1) is 10.5. The molecule has 1 atom stereocenters. The molecule has 1 aromatic rings. The molecule has 0 saturated heterocycles. The maximum absolute atomic E-state index is 10.6. The van der Waals surface area contributed by atoms with E-state index in [9.17, 15) is 14.9 Å². The molecule has 1 aromatic carbocycles. The zero-order valence-electron chi connectivity index (χ0n) is 6.92. The summed E-state index contributed by atoms with van der Waals surface area (Å²) in [6.07, 6.45) is -1.85. The van der Waals surface area contributed by atoms with Crippen LogP contribution in [-0.2, 0) is 4.79 Å². The molecule has 0 radical (unpaired) electrons. The number of ether oxygens (including phenoxy) is 1. The summed E-state index contributed by atoms with van der Waals surface area (Å²) in [7, 11) is 0. The molecule has 0 saturated carbocycles. The molecule has 0 spiro atoms. The minimum absolute atomic E-state index is 0.225. The van der Waals surface area contributed by atoms with E-state index in [0.717, 1.165) is 0 Å². The van der Waals surface area contributed by atoms with Crippen molar-refractivity contribution >= 4 is 16.8 Å². The van der Waals surface area contributed by atoms with Crippen molar-refractivity contribution in [1.82, 2.24) is 0 Å². The molecule has 0 aliphatic rings. The Balaban J connectivity index is 2.75. The lowest BCUT2D eigenvalue weighted by Crippen LogP contribution is -2.32. The normalized spacial score (nSPS) is 11.8. The second kappa shape index (κ2) is 4.57. The van der Waals surface area contributed by atoms with Crippen LogP contribution in [0.1, 0.15) is 0 Å². The van der Waals surface area contributed by atoms with Gasteiger partial charge in [0.2, 0.25) is 0 Å². The van der Waals surface area contributed by atoms with Crippen LogP contribution in [0.25, 0.3) is 0 Å². The van der Waals surface area contributed by atoms with Gasteiger partial charge in [-0.05, 0) is 23.7 Å². The van der Waals surface area contributed by atoms with Crippen LogP contribution in [-0.4, -0.2) is 16.4 Å². The third kappa shape index (κ3) is 2.70. The van der Waals surface area contributed by atoms with Gasteiger partial charge in [-0.15, -0.1) is 0 Å². The van der Waals surface area contributed by atoms with E-state index < -0.39 is 16.4 Å². The van der Waals surface area contributed by atoms with E-state index in [1.165, 1.54) is 12.1 Å². The Morgan fingerprint density at radius 2 is 2.00 bits per heavy atom. The number of hydrogen-bond donors (Lipinski definition) is 0. The molecular formula is C8H6ClNO4. The minimum atomic E-state index is -1.85. The number of hydrogen-bond acceptors (Lipinski definition) is 4. The Kier molecular flexibility index (Phi) is 3.41. The van der Waals surface area contributed by atoms with Gasteiger partial charge in [0.25, 0.3) is 0 Å². The Hall–Kier alpha value is -1.62. The summed E-state index contributed by atoms with van der Waals surface area (Å²) in [6.45, 7) is 0. The Labute approximate surface area is 84.4 Å². The number of nitrogens with zero attached hydrogens (tertiary/aromatic N) is 1. The molecule has 0 amide bonds. The van der Waals surface area contributed by atoms with Crippen LogP contribution >= 0.6 is 11.6 Å². The molecule has 5 nitrogen and oxygen atoms in total. The van der Waals surface area contributed by atoms with Crippen molar-refractivity contribution in [2.75, 3.05) is 0 Å². The van der Waals surface area contributed by atoms with Crippen LogP contribution in [0, 0.1) is 10.1 Å². The van der Waals surface area contributed by atoms with Gasteiger partial charge >= 0.3 is 11.5 Å². The summed E-state index contributed by atoms with van der Waals surface area (Å²) < 4.78 is 4.76. The maximum Gasteiger partial charge on any atom is 0.428 e. The van der Waals surface area contributed by atoms with Crippen molar-refractivity contribution in [1.29, 1.82) is 0 Å². The minimum Gasteiger partial charge on any atom is -0.423 e. The fourth-order valence-electron chi connectivity index (χ4n) is 0.800. The number of halogens is 1. The summed E-state index contributed by atoms with van der Waals surface area (Å²) in [6, 6.07) is 7.97. The first-order chi connectivity index (χ1) is 6.61. The number of carbonyl (C=O) groups is 1. The van der Waals surface area contributed by atoms with Crippen molar-refractivity contribution < 1.29 is 14.5 Å². The van der Waals surface area contributed by atoms with Crippen molar-refractivity contribution in [2.24, 2.45) is 0 Å². The van der Waals surface area contributed by atoms with Crippen molar-refractivity contribution in [3.8, 4) is 5.75 Å². The lowest BCUT2D eigenvalue weighted by atomic mass is 10.3. The van der Waals surface area contributed by atoms with Crippen molar-refractivity contribution in [3.05, 3.63) is 40.4 Å². The standard InChI is InChI=1S/C8H6ClNO4/c9-7(11)8(10(12)13)14-6-4-2-1-3-5-6/h1-5,8H. The number of nitro groups is 1. The second-order valence-corrected chi connectivity index (χ2v) is 2.75. The number of para-hydroxylation sites is 1. The van der Waals surface area contributed by atoms with E-state index in [1.807, 2.05) is 0 Å². The van der Waals surface area contributed by atoms with Gasteiger partial charge < -0.3 is 4.74 Å². The molecule has 1 unspecified atom stereocenters. The Morgan fingerprint density at radius 1 is 1.43 bits per heavy atom. The lowest BCUT2D eigenvalue weighted by Gasteiger charge is -2.07. The largest absolute Gasteiger partial charge is 0.428 e. The van der Waals surface area contributed by atoms with E-state index in [-0.39, 0.29) is 5.75 Å². The van der Waals surface area contributed by atoms with Gasteiger partial charge in [0.15, 0.2) is 0 Å². The first-order valence-corrected chi connectivity index (χ1v) is 4.03. The molecule has 0 heterocycles. The molecule has 0 aliphatic carbocycles. The van der Waals surface area contributed by atoms with Crippen LogP contribution in [0.4, 0.5) is 0 Å². The smallest absolute Gasteiger partial charge is 0.423 e. The van der Waals surface area contributed by atoms with E-state index in [4.69, 9.17) is 16.3 Å². The van der Waals surface area contributed by atoms with Crippen molar-refractivity contribution in [3.63, 3.8) is 0 Å². The van der Waals surface area contributed by atoms with Gasteiger partial charge in [0.05, 0.1) is 4.92 Å². The van der Waals surface area contributed by atoms with E-state index in [0.29, 0.717) is 0 Å². The maximum atomic E-state index is 10.6. The predicted molar refractivity (Wildman–Crippen MR) is 48.7 cm³/mol. The average Bonchev–Trinajstić information content (AvgIpc) is 2.15. The van der Waals surface area contributed by atoms with Crippen LogP contribution in [0.2, 0.25) is 0 Å². The Bertz CT molecular complexity index is 326. The van der Waals surface area contributed by atoms with Crippen LogP contribution in [0.5, 0.6) is 5.75 Å². The summed E-state index contributed by atoms with van der Waals surface area (Å²) >= 11 is 4.98. The fourth-order valence-corrected chi connectivity index (χ4v) is 0.924. The van der Waals surface area contributed by atoms with E-state index in [2.05, 4.69) is 0 Å². The summed E-state index contributed by atoms with van der Waals surface area (Å²) in [5.41, 5.74) is 0. The highest BCUT2D eigenvalue weighted by Crippen LogP contribution is 2.12. The van der Waals surface area contributed by atoms with Crippen LogP contribution in [0.3, 0.4) is 0 Å². The van der Waals surface area contributed by atoms with Gasteiger partial charge in [-0.3, -0.25) is 14.9 Å². The molecule has 0 N–H and O–H groups in total. The summed E-state index contributed by atoms with van der Waals surface area (Å²) in [4.78, 5) is 20.0. The third-order valence-electron chi connectivity index (χ3n) is 1.38. The van der Waals surface area contributed by atoms with Crippen LogP contribution in [0.15, 0.2) is 30.3 Å². The zero-order valence-corrected chi connectivity index (χ0v) is 7.68. The molecule has 74 valence electrons. The SMILES string of the molecule is O=C(Cl)C(Oc1ccccc1)[N+](=O)[O-]. The highest BCUT2D eigenvalue weighted by Gasteiger charge is 2.29. The van der Waals surface area contributed by atoms with Crippen LogP contribution < -0.4 is 4.74 Å². The quantitative estimate of drug-likeness (QED) is 0.330. The number of carbonyl (C=O) groups excluding carboxylic acids is 1. The highest BCUT2D eigenvalue weighted by atomic mass is 35.5. The van der Waals surface area contributed by atoms with Gasteiger partial charge in [0, 0.05) is 0 Å². The van der Waals surface area contributed by atoms with Gasteiger partial charge in [0.1, 0.15) is 5.75 Å². The van der Waals surface area contributed by atoms with Gasteiger partial charge in [-0.2, -0.15) is 0 Å². The van der Waals surface area contributed by atoms with Gasteiger partial charge in [-0.1, -0.05) is 18.2 Å². The monoisotopic (exact) mass is 215 g/mol. The number of rotatable bonds is 4. The molecule has 6 heteroatoms.